The molecule has 1 aromatic heterocycles. The predicted octanol–water partition coefficient (Wildman–Crippen LogP) is 2.96. The van der Waals surface area contributed by atoms with Crippen molar-refractivity contribution in [2.75, 3.05) is 7.05 Å². The predicted molar refractivity (Wildman–Crippen MR) is 86.5 cm³/mol. The Morgan fingerprint density at radius 3 is 2.57 bits per heavy atom. The van der Waals surface area contributed by atoms with Gasteiger partial charge in [0, 0.05) is 18.8 Å². The molecule has 1 heterocycles. The van der Waals surface area contributed by atoms with E-state index in [-0.39, 0.29) is 11.6 Å². The van der Waals surface area contributed by atoms with E-state index in [0.29, 0.717) is 6.54 Å². The topological polar surface area (TPSA) is 34.0 Å². The van der Waals surface area contributed by atoms with Crippen molar-refractivity contribution in [2.24, 2.45) is 0 Å². The highest BCUT2D eigenvalue weighted by atomic mass is 16.1. The number of nitrogens with one attached hydrogen (secondary N) is 1. The van der Waals surface area contributed by atoms with Crippen LogP contribution in [0.2, 0.25) is 0 Å². The number of hydrogen-bond donors (Lipinski definition) is 1. The van der Waals surface area contributed by atoms with E-state index >= 15 is 0 Å². The molecule has 0 amide bonds. The van der Waals surface area contributed by atoms with Crippen molar-refractivity contribution in [1.29, 1.82) is 0 Å². The Hall–Kier alpha value is -2.39. The lowest BCUT2D eigenvalue weighted by atomic mass is 9.98. The average Bonchev–Trinajstić information content (AvgIpc) is 2.54. The maximum Gasteiger partial charge on any atom is 0.250 e. The minimum Gasteiger partial charge on any atom is -0.314 e. The fourth-order valence-corrected chi connectivity index (χ4v) is 2.71. The van der Waals surface area contributed by atoms with Crippen LogP contribution in [-0.2, 0) is 6.54 Å². The van der Waals surface area contributed by atoms with Crippen LogP contribution in [0.1, 0.15) is 11.6 Å². The number of nitrogens with zero attached hydrogens (tertiary/aromatic N) is 1. The van der Waals surface area contributed by atoms with Crippen LogP contribution in [0.25, 0.3) is 10.8 Å². The van der Waals surface area contributed by atoms with Crippen LogP contribution in [0, 0.1) is 0 Å². The van der Waals surface area contributed by atoms with E-state index < -0.39 is 0 Å². The second-order valence-electron chi connectivity index (χ2n) is 5.10. The second-order valence-corrected chi connectivity index (χ2v) is 5.10. The van der Waals surface area contributed by atoms with E-state index in [9.17, 15) is 4.79 Å². The first-order valence-corrected chi connectivity index (χ1v) is 7.10. The van der Waals surface area contributed by atoms with E-state index in [1.807, 2.05) is 31.4 Å². The van der Waals surface area contributed by atoms with Crippen LogP contribution in [0.15, 0.2) is 71.7 Å². The van der Waals surface area contributed by atoms with E-state index in [0.717, 1.165) is 0 Å². The summed E-state index contributed by atoms with van der Waals surface area (Å²) in [7, 11) is 1.93. The lowest BCUT2D eigenvalue weighted by Gasteiger charge is -2.20. The number of hydrogen-bond acceptors (Lipinski definition) is 2. The monoisotopic (exact) mass is 278 g/mol. The molecule has 0 saturated carbocycles. The number of aromatic nitrogens is 1. The summed E-state index contributed by atoms with van der Waals surface area (Å²) < 4.78 is 1.74. The van der Waals surface area contributed by atoms with Gasteiger partial charge in [-0.2, -0.15) is 0 Å². The Balaban J connectivity index is 2.03. The maximum absolute atomic E-state index is 11.9. The highest BCUT2D eigenvalue weighted by molar-refractivity contribution is 5.86. The van der Waals surface area contributed by atoms with Gasteiger partial charge in [-0.15, -0.1) is 0 Å². The summed E-state index contributed by atoms with van der Waals surface area (Å²) in [6.07, 6.45) is 1.83. The quantitative estimate of drug-likeness (QED) is 0.796. The van der Waals surface area contributed by atoms with E-state index in [1.165, 1.54) is 16.3 Å². The molecule has 3 aromatic rings. The highest BCUT2D eigenvalue weighted by Gasteiger charge is 2.13. The summed E-state index contributed by atoms with van der Waals surface area (Å²) in [5.74, 6) is 0. The summed E-state index contributed by atoms with van der Waals surface area (Å²) in [6.45, 7) is 0.615. The SMILES string of the molecule is CNC(Cn1ccccc1=O)c1cccc2ccccc12. The number of rotatable bonds is 4. The molecule has 0 bridgehead atoms. The van der Waals surface area contributed by atoms with E-state index in [1.54, 1.807) is 16.7 Å². The molecule has 0 saturated heterocycles. The number of pyridine rings is 1. The molecule has 21 heavy (non-hydrogen) atoms. The Morgan fingerprint density at radius 2 is 1.76 bits per heavy atom. The van der Waals surface area contributed by atoms with Gasteiger partial charge in [-0.1, -0.05) is 48.5 Å². The van der Waals surface area contributed by atoms with Gasteiger partial charge in [0.05, 0.1) is 6.04 Å². The number of benzene rings is 2. The summed E-state index contributed by atoms with van der Waals surface area (Å²) in [5.41, 5.74) is 1.24. The van der Waals surface area contributed by atoms with Gasteiger partial charge < -0.3 is 9.88 Å². The molecule has 2 aromatic carbocycles. The third-order valence-corrected chi connectivity index (χ3v) is 3.83. The standard InChI is InChI=1S/C18H18N2O/c1-19-17(13-20-12-5-4-11-18(20)21)16-10-6-8-14-7-2-3-9-15(14)16/h2-12,17,19H,13H2,1H3. The van der Waals surface area contributed by atoms with E-state index in [2.05, 4.69) is 35.6 Å². The first-order valence-electron chi connectivity index (χ1n) is 7.10. The van der Waals surface area contributed by atoms with Crippen LogP contribution in [0.3, 0.4) is 0 Å². The van der Waals surface area contributed by atoms with Gasteiger partial charge in [-0.3, -0.25) is 4.79 Å². The zero-order valence-electron chi connectivity index (χ0n) is 12.0. The molecule has 0 aliphatic carbocycles. The molecule has 0 aliphatic rings. The third kappa shape index (κ3) is 2.73. The normalized spacial score (nSPS) is 12.4. The molecule has 1 atom stereocenters. The summed E-state index contributed by atoms with van der Waals surface area (Å²) in [5, 5.41) is 5.77. The Labute approximate surface area is 123 Å². The Kier molecular flexibility index (Phi) is 3.84. The van der Waals surface area contributed by atoms with E-state index in [4.69, 9.17) is 0 Å². The van der Waals surface area contributed by atoms with Crippen molar-refractivity contribution in [1.82, 2.24) is 9.88 Å². The molecule has 3 nitrogen and oxygen atoms in total. The Morgan fingerprint density at radius 1 is 1.00 bits per heavy atom. The minimum absolute atomic E-state index is 0.0259. The van der Waals surface area contributed by atoms with Gasteiger partial charge in [0.25, 0.3) is 5.56 Å². The van der Waals surface area contributed by atoms with Crippen molar-refractivity contribution in [3.05, 3.63) is 82.8 Å². The number of fused-ring (bicyclic) bond motifs is 1. The van der Waals surface area contributed by atoms with Crippen molar-refractivity contribution in [2.45, 2.75) is 12.6 Å². The smallest absolute Gasteiger partial charge is 0.250 e. The highest BCUT2D eigenvalue weighted by Crippen LogP contribution is 2.24. The molecule has 1 N–H and O–H groups in total. The number of likely N-dealkylation sites (N-methyl/N-ethyl adjacent to an activating group) is 1. The van der Waals surface area contributed by atoms with Crippen LogP contribution in [0.4, 0.5) is 0 Å². The lowest BCUT2D eigenvalue weighted by molar-refractivity contribution is 0.494. The van der Waals surface area contributed by atoms with Gasteiger partial charge in [-0.05, 0) is 29.4 Å². The third-order valence-electron chi connectivity index (χ3n) is 3.83. The summed E-state index contributed by atoms with van der Waals surface area (Å²) >= 11 is 0. The molecule has 0 spiro atoms. The summed E-state index contributed by atoms with van der Waals surface area (Å²) in [6, 6.07) is 20.0. The maximum atomic E-state index is 11.9. The fraction of sp³-hybridized carbons (Fsp3) is 0.167. The Bertz CT molecular complexity index is 802. The molecule has 0 radical (unpaired) electrons. The fourth-order valence-electron chi connectivity index (χ4n) is 2.71. The molecule has 1 unspecified atom stereocenters. The molecule has 3 rings (SSSR count). The summed E-state index contributed by atoms with van der Waals surface area (Å²) in [4.78, 5) is 11.9. The molecule has 0 aliphatic heterocycles. The molecular formula is C18H18N2O. The molecule has 0 fully saturated rings. The van der Waals surface area contributed by atoms with Crippen LogP contribution in [0.5, 0.6) is 0 Å². The van der Waals surface area contributed by atoms with Gasteiger partial charge >= 0.3 is 0 Å². The molecular weight excluding hydrogens is 260 g/mol. The van der Waals surface area contributed by atoms with Gasteiger partial charge in [-0.25, -0.2) is 0 Å². The average molecular weight is 278 g/mol. The van der Waals surface area contributed by atoms with Gasteiger partial charge in [0.1, 0.15) is 0 Å². The van der Waals surface area contributed by atoms with Crippen molar-refractivity contribution in [3.63, 3.8) is 0 Å². The van der Waals surface area contributed by atoms with Crippen molar-refractivity contribution < 1.29 is 0 Å². The lowest BCUT2D eigenvalue weighted by Crippen LogP contribution is -2.28. The van der Waals surface area contributed by atoms with Crippen molar-refractivity contribution >= 4 is 10.8 Å². The first kappa shape index (κ1) is 13.6. The minimum atomic E-state index is 0.0259. The molecule has 3 heteroatoms. The van der Waals surface area contributed by atoms with Crippen molar-refractivity contribution in [3.8, 4) is 0 Å². The zero-order chi connectivity index (χ0) is 14.7. The van der Waals surface area contributed by atoms with Crippen LogP contribution >= 0.6 is 0 Å². The zero-order valence-corrected chi connectivity index (χ0v) is 12.0. The van der Waals surface area contributed by atoms with Crippen LogP contribution < -0.4 is 10.9 Å². The first-order chi connectivity index (χ1) is 10.3. The van der Waals surface area contributed by atoms with Gasteiger partial charge in [0.2, 0.25) is 0 Å². The van der Waals surface area contributed by atoms with Gasteiger partial charge in [0.15, 0.2) is 0 Å². The molecule has 106 valence electrons. The largest absolute Gasteiger partial charge is 0.314 e. The van der Waals surface area contributed by atoms with Crippen LogP contribution in [-0.4, -0.2) is 11.6 Å². The second kappa shape index (κ2) is 5.94.